The lowest BCUT2D eigenvalue weighted by Gasteiger charge is -2.13. The summed E-state index contributed by atoms with van der Waals surface area (Å²) in [7, 11) is 1.73. The molecule has 0 spiro atoms. The van der Waals surface area contributed by atoms with Gasteiger partial charge in [0.05, 0.1) is 12.6 Å². The van der Waals surface area contributed by atoms with Gasteiger partial charge in [0.1, 0.15) is 18.7 Å². The lowest BCUT2D eigenvalue weighted by atomic mass is 10.3. The number of hydrogen-bond donors (Lipinski definition) is 2. The predicted octanol–water partition coefficient (Wildman–Crippen LogP) is 0.144. The first-order valence-electron chi connectivity index (χ1n) is 5.20. The van der Waals surface area contributed by atoms with E-state index in [2.05, 4.69) is 15.5 Å². The Morgan fingerprint density at radius 1 is 1.56 bits per heavy atom. The molecule has 18 heavy (non-hydrogen) atoms. The van der Waals surface area contributed by atoms with Gasteiger partial charge in [0, 0.05) is 7.05 Å². The number of aryl methyl sites for hydroxylation is 1. The Hall–Kier alpha value is -1.64. The molecule has 0 aliphatic carbocycles. The van der Waals surface area contributed by atoms with Crippen molar-refractivity contribution in [2.75, 3.05) is 13.1 Å². The average Bonchev–Trinajstić information content (AvgIpc) is 2.68. The van der Waals surface area contributed by atoms with Gasteiger partial charge in [-0.2, -0.15) is 13.2 Å². The number of aromatic nitrogens is 3. The Kier molecular flexibility index (Phi) is 4.65. The lowest BCUT2D eigenvalue weighted by Crippen LogP contribution is -2.40. The van der Waals surface area contributed by atoms with Crippen LogP contribution in [-0.2, 0) is 11.8 Å². The first-order valence-corrected chi connectivity index (χ1v) is 5.20. The second-order valence-corrected chi connectivity index (χ2v) is 3.79. The Morgan fingerprint density at radius 2 is 2.22 bits per heavy atom. The standard InChI is InChI=1S/C9H14F3N5O/c1-6(8-16-15-5-17(8)2)13-3-7(18)14-4-9(10,11)12/h5-6,13H,3-4H2,1-2H3,(H,14,18). The highest BCUT2D eigenvalue weighted by Crippen LogP contribution is 2.12. The van der Waals surface area contributed by atoms with Gasteiger partial charge in [-0.15, -0.1) is 10.2 Å². The van der Waals surface area contributed by atoms with Crippen LogP contribution in [0.3, 0.4) is 0 Å². The van der Waals surface area contributed by atoms with Gasteiger partial charge in [-0.3, -0.25) is 10.1 Å². The van der Waals surface area contributed by atoms with Crippen LogP contribution in [0, 0.1) is 0 Å². The first-order chi connectivity index (χ1) is 8.29. The molecule has 2 N–H and O–H groups in total. The molecule has 6 nitrogen and oxygen atoms in total. The highest BCUT2D eigenvalue weighted by Gasteiger charge is 2.27. The number of carbonyl (C=O) groups excluding carboxylic acids is 1. The molecule has 1 atom stereocenters. The summed E-state index contributed by atoms with van der Waals surface area (Å²) < 4.78 is 37.2. The maximum atomic E-state index is 11.8. The number of nitrogens with zero attached hydrogens (tertiary/aromatic N) is 3. The molecule has 1 aromatic rings. The third-order valence-corrected chi connectivity index (χ3v) is 2.19. The molecule has 1 rings (SSSR count). The van der Waals surface area contributed by atoms with Crippen molar-refractivity contribution < 1.29 is 18.0 Å². The zero-order chi connectivity index (χ0) is 13.8. The van der Waals surface area contributed by atoms with Crippen molar-refractivity contribution in [2.45, 2.75) is 19.1 Å². The van der Waals surface area contributed by atoms with Gasteiger partial charge in [0.15, 0.2) is 0 Å². The van der Waals surface area contributed by atoms with E-state index in [-0.39, 0.29) is 12.6 Å². The second-order valence-electron chi connectivity index (χ2n) is 3.79. The smallest absolute Gasteiger partial charge is 0.346 e. The van der Waals surface area contributed by atoms with Crippen LogP contribution in [0.25, 0.3) is 0 Å². The van der Waals surface area contributed by atoms with Gasteiger partial charge >= 0.3 is 6.18 Å². The number of carbonyl (C=O) groups is 1. The van der Waals surface area contributed by atoms with E-state index in [0.29, 0.717) is 5.82 Å². The summed E-state index contributed by atoms with van der Waals surface area (Å²) in [4.78, 5) is 11.1. The highest BCUT2D eigenvalue weighted by molar-refractivity contribution is 5.78. The predicted molar refractivity (Wildman–Crippen MR) is 56.5 cm³/mol. The first kappa shape index (κ1) is 14.4. The van der Waals surface area contributed by atoms with Crippen LogP contribution in [0.2, 0.25) is 0 Å². The highest BCUT2D eigenvalue weighted by atomic mass is 19.4. The zero-order valence-corrected chi connectivity index (χ0v) is 9.95. The fourth-order valence-corrected chi connectivity index (χ4v) is 1.28. The summed E-state index contributed by atoms with van der Waals surface area (Å²) in [5.41, 5.74) is 0. The normalized spacial score (nSPS) is 13.4. The lowest BCUT2D eigenvalue weighted by molar-refractivity contribution is -0.137. The number of halogens is 3. The molecule has 1 unspecified atom stereocenters. The molecule has 0 bridgehead atoms. The SMILES string of the molecule is CC(NCC(=O)NCC(F)(F)F)c1nncn1C. The van der Waals surface area contributed by atoms with Crippen molar-refractivity contribution >= 4 is 5.91 Å². The third-order valence-electron chi connectivity index (χ3n) is 2.19. The Morgan fingerprint density at radius 3 is 2.72 bits per heavy atom. The van der Waals surface area contributed by atoms with Gasteiger partial charge < -0.3 is 9.88 Å². The van der Waals surface area contributed by atoms with Crippen LogP contribution in [0.4, 0.5) is 13.2 Å². The largest absolute Gasteiger partial charge is 0.405 e. The Bertz CT molecular complexity index is 403. The monoisotopic (exact) mass is 265 g/mol. The van der Waals surface area contributed by atoms with Crippen LogP contribution < -0.4 is 10.6 Å². The molecule has 102 valence electrons. The van der Waals surface area contributed by atoms with Gasteiger partial charge in [-0.1, -0.05) is 0 Å². The van der Waals surface area contributed by atoms with Gasteiger partial charge in [-0.05, 0) is 6.92 Å². The zero-order valence-electron chi connectivity index (χ0n) is 9.95. The summed E-state index contributed by atoms with van der Waals surface area (Å²) in [6.45, 7) is 0.191. The van der Waals surface area contributed by atoms with Crippen LogP contribution in [0.5, 0.6) is 0 Å². The minimum atomic E-state index is -4.40. The van der Waals surface area contributed by atoms with Crippen molar-refractivity contribution in [1.82, 2.24) is 25.4 Å². The van der Waals surface area contributed by atoms with Crippen LogP contribution in [0.15, 0.2) is 6.33 Å². The molecule has 0 aliphatic heterocycles. The molecule has 0 radical (unpaired) electrons. The van der Waals surface area contributed by atoms with E-state index in [4.69, 9.17) is 0 Å². The number of hydrogen-bond acceptors (Lipinski definition) is 4. The van der Waals surface area contributed by atoms with Crippen molar-refractivity contribution in [3.8, 4) is 0 Å². The minimum absolute atomic E-state index is 0.218. The summed E-state index contributed by atoms with van der Waals surface area (Å²) in [5, 5.41) is 12.0. The quantitative estimate of drug-likeness (QED) is 0.794. The summed E-state index contributed by atoms with van der Waals surface area (Å²) in [6, 6.07) is -0.283. The van der Waals surface area contributed by atoms with Crippen molar-refractivity contribution in [2.24, 2.45) is 7.05 Å². The second kappa shape index (κ2) is 5.80. The fraction of sp³-hybridized carbons (Fsp3) is 0.667. The fourth-order valence-electron chi connectivity index (χ4n) is 1.28. The maximum Gasteiger partial charge on any atom is 0.405 e. The molecule has 1 amide bonds. The topological polar surface area (TPSA) is 71.8 Å². The van der Waals surface area contributed by atoms with Crippen molar-refractivity contribution in [1.29, 1.82) is 0 Å². The third kappa shape index (κ3) is 4.70. The molecule has 0 saturated heterocycles. The van der Waals surface area contributed by atoms with E-state index in [9.17, 15) is 18.0 Å². The van der Waals surface area contributed by atoms with Crippen LogP contribution in [0.1, 0.15) is 18.8 Å². The van der Waals surface area contributed by atoms with E-state index in [1.807, 2.05) is 0 Å². The van der Waals surface area contributed by atoms with E-state index in [1.165, 1.54) is 6.33 Å². The molecule has 0 saturated carbocycles. The van der Waals surface area contributed by atoms with E-state index in [1.54, 1.807) is 23.9 Å². The summed E-state index contributed by atoms with van der Waals surface area (Å²) >= 11 is 0. The van der Waals surface area contributed by atoms with Crippen LogP contribution in [-0.4, -0.2) is 39.9 Å². The van der Waals surface area contributed by atoms with E-state index in [0.717, 1.165) is 0 Å². The van der Waals surface area contributed by atoms with Crippen molar-refractivity contribution in [3.63, 3.8) is 0 Å². The molecule has 0 aromatic carbocycles. The number of alkyl halides is 3. The van der Waals surface area contributed by atoms with Crippen molar-refractivity contribution in [3.05, 3.63) is 12.2 Å². The van der Waals surface area contributed by atoms with E-state index < -0.39 is 18.6 Å². The minimum Gasteiger partial charge on any atom is -0.346 e. The molecule has 1 heterocycles. The molecule has 9 heteroatoms. The van der Waals surface area contributed by atoms with Gasteiger partial charge in [0.2, 0.25) is 5.91 Å². The number of amides is 1. The molecular weight excluding hydrogens is 251 g/mol. The van der Waals surface area contributed by atoms with Gasteiger partial charge in [0.25, 0.3) is 0 Å². The van der Waals surface area contributed by atoms with E-state index >= 15 is 0 Å². The molecule has 1 aromatic heterocycles. The summed E-state index contributed by atoms with van der Waals surface area (Å²) in [6.07, 6.45) is -2.90. The molecule has 0 fully saturated rings. The van der Waals surface area contributed by atoms with Crippen LogP contribution >= 0.6 is 0 Å². The average molecular weight is 265 g/mol. The molecule has 0 aliphatic rings. The summed E-state index contributed by atoms with van der Waals surface area (Å²) in [5.74, 6) is -0.125. The Balaban J connectivity index is 2.33. The van der Waals surface area contributed by atoms with Gasteiger partial charge in [-0.25, -0.2) is 0 Å². The maximum absolute atomic E-state index is 11.8. The number of nitrogens with one attached hydrogen (secondary N) is 2. The molecular formula is C9H14F3N5O. The number of rotatable bonds is 5. The Labute approximate surface area is 102 Å².